The zero-order chi connectivity index (χ0) is 20.7. The van der Waals surface area contributed by atoms with Gasteiger partial charge in [-0.15, -0.1) is 0 Å². The molecule has 9 heteroatoms. The van der Waals surface area contributed by atoms with Gasteiger partial charge < -0.3 is 20.2 Å². The Balaban J connectivity index is 1.21. The third-order valence-corrected chi connectivity index (χ3v) is 6.11. The van der Waals surface area contributed by atoms with Crippen LogP contribution in [0.5, 0.6) is 0 Å². The number of aromatic nitrogens is 2. The van der Waals surface area contributed by atoms with Crippen molar-refractivity contribution in [2.24, 2.45) is 0 Å². The molecule has 3 aliphatic heterocycles. The highest BCUT2D eigenvalue weighted by Gasteiger charge is 2.37. The van der Waals surface area contributed by atoms with E-state index >= 15 is 0 Å². The topological polar surface area (TPSA) is 102 Å². The number of rotatable bonds is 4. The Morgan fingerprint density at radius 2 is 1.97 bits per heavy atom. The molecule has 1 unspecified atom stereocenters. The van der Waals surface area contributed by atoms with E-state index in [1.54, 1.807) is 12.1 Å². The molecule has 2 aromatic heterocycles. The average molecular weight is 408 g/mol. The molecule has 156 valence electrons. The Hall–Kier alpha value is -3.20. The molecule has 0 aliphatic carbocycles. The van der Waals surface area contributed by atoms with Gasteiger partial charge in [-0.25, -0.2) is 14.8 Å². The fourth-order valence-corrected chi connectivity index (χ4v) is 4.51. The van der Waals surface area contributed by atoms with Gasteiger partial charge in [0.15, 0.2) is 5.82 Å². The molecule has 2 saturated heterocycles. The normalized spacial score (nSPS) is 21.2. The lowest BCUT2D eigenvalue weighted by Gasteiger charge is -2.36. The van der Waals surface area contributed by atoms with Crippen molar-refractivity contribution in [2.75, 3.05) is 47.8 Å². The average Bonchev–Trinajstić information content (AvgIpc) is 3.25. The van der Waals surface area contributed by atoms with Crippen LogP contribution in [0.4, 0.5) is 17.3 Å². The van der Waals surface area contributed by atoms with Crippen LogP contribution in [0.1, 0.15) is 28.8 Å². The summed E-state index contributed by atoms with van der Waals surface area (Å²) in [7, 11) is 0. The molecule has 0 spiro atoms. The van der Waals surface area contributed by atoms with Gasteiger partial charge in [0, 0.05) is 51.7 Å². The van der Waals surface area contributed by atoms with Crippen LogP contribution < -0.4 is 15.1 Å². The van der Waals surface area contributed by atoms with Crippen LogP contribution in [0.25, 0.3) is 0 Å². The first-order chi connectivity index (χ1) is 14.6. The first-order valence-electron chi connectivity index (χ1n) is 10.3. The molecule has 0 aromatic carbocycles. The number of piperazine rings is 1. The zero-order valence-corrected chi connectivity index (χ0v) is 16.6. The second kappa shape index (κ2) is 7.56. The second-order valence-corrected chi connectivity index (χ2v) is 8.03. The predicted octanol–water partition coefficient (Wildman–Crippen LogP) is 1.42. The summed E-state index contributed by atoms with van der Waals surface area (Å²) in [5.74, 6) is 0.808. The van der Waals surface area contributed by atoms with E-state index in [0.29, 0.717) is 0 Å². The highest BCUT2D eigenvalue weighted by molar-refractivity contribution is 6.03. The molecule has 0 radical (unpaired) electrons. The summed E-state index contributed by atoms with van der Waals surface area (Å²) < 4.78 is 0. The Morgan fingerprint density at radius 1 is 1.13 bits per heavy atom. The molecule has 2 fully saturated rings. The number of pyridine rings is 2. The third kappa shape index (κ3) is 3.45. The maximum Gasteiger partial charge on any atom is 0.337 e. The molecule has 1 amide bonds. The fraction of sp³-hybridized carbons (Fsp3) is 0.429. The summed E-state index contributed by atoms with van der Waals surface area (Å²) in [6.07, 6.45) is 5.25. The fourth-order valence-electron chi connectivity index (χ4n) is 4.51. The Morgan fingerprint density at radius 3 is 2.70 bits per heavy atom. The standard InChI is InChI=1S/C21H24N6O3/c28-20-17-2-1-5-27(17)19-16(24-20)10-14(11-23-19)13-25-6-8-26(9-7-25)18-4-3-15(12-22-18)21(29)30/h3-4,10-12,17H,1-2,5-9,13H2,(H,24,28)(H,29,30). The van der Waals surface area contributed by atoms with Gasteiger partial charge in [0.1, 0.15) is 11.9 Å². The molecular weight excluding hydrogens is 384 g/mol. The number of hydrogen-bond donors (Lipinski definition) is 2. The largest absolute Gasteiger partial charge is 0.478 e. The van der Waals surface area contributed by atoms with Crippen LogP contribution in [0.15, 0.2) is 30.6 Å². The number of amides is 1. The van der Waals surface area contributed by atoms with Crippen molar-refractivity contribution < 1.29 is 14.7 Å². The van der Waals surface area contributed by atoms with E-state index in [9.17, 15) is 9.59 Å². The van der Waals surface area contributed by atoms with Crippen molar-refractivity contribution in [1.82, 2.24) is 14.9 Å². The van der Waals surface area contributed by atoms with E-state index in [4.69, 9.17) is 5.11 Å². The van der Waals surface area contributed by atoms with Gasteiger partial charge in [0.25, 0.3) is 0 Å². The van der Waals surface area contributed by atoms with E-state index in [-0.39, 0.29) is 17.5 Å². The molecule has 2 N–H and O–H groups in total. The molecule has 5 rings (SSSR count). The van der Waals surface area contributed by atoms with E-state index in [2.05, 4.69) is 30.0 Å². The smallest absolute Gasteiger partial charge is 0.337 e. The summed E-state index contributed by atoms with van der Waals surface area (Å²) in [4.78, 5) is 38.9. The van der Waals surface area contributed by atoms with Crippen molar-refractivity contribution in [3.8, 4) is 0 Å². The molecule has 0 saturated carbocycles. The number of fused-ring (bicyclic) bond motifs is 3. The monoisotopic (exact) mass is 408 g/mol. The predicted molar refractivity (Wildman–Crippen MR) is 112 cm³/mol. The minimum absolute atomic E-state index is 0.0675. The second-order valence-electron chi connectivity index (χ2n) is 8.03. The molecule has 2 aromatic rings. The van der Waals surface area contributed by atoms with Crippen LogP contribution in [-0.4, -0.2) is 70.6 Å². The highest BCUT2D eigenvalue weighted by atomic mass is 16.4. The van der Waals surface area contributed by atoms with Crippen molar-refractivity contribution in [1.29, 1.82) is 0 Å². The Labute approximate surface area is 174 Å². The summed E-state index contributed by atoms with van der Waals surface area (Å²) in [5.41, 5.74) is 2.10. The highest BCUT2D eigenvalue weighted by Crippen LogP contribution is 2.35. The molecule has 9 nitrogen and oxygen atoms in total. The van der Waals surface area contributed by atoms with Crippen LogP contribution in [0.3, 0.4) is 0 Å². The lowest BCUT2D eigenvalue weighted by Crippen LogP contribution is -2.46. The van der Waals surface area contributed by atoms with Crippen molar-refractivity contribution in [3.05, 3.63) is 41.7 Å². The number of anilines is 3. The first-order valence-corrected chi connectivity index (χ1v) is 10.3. The number of hydrogen-bond acceptors (Lipinski definition) is 7. The number of nitrogens with one attached hydrogen (secondary N) is 1. The first kappa shape index (κ1) is 18.8. The van der Waals surface area contributed by atoms with Gasteiger partial charge in [-0.1, -0.05) is 0 Å². The van der Waals surface area contributed by atoms with Gasteiger partial charge in [0.2, 0.25) is 5.91 Å². The summed E-state index contributed by atoms with van der Waals surface area (Å²) in [6.45, 7) is 5.06. The third-order valence-electron chi connectivity index (χ3n) is 6.11. The van der Waals surface area contributed by atoms with E-state index < -0.39 is 5.97 Å². The van der Waals surface area contributed by atoms with Crippen LogP contribution in [-0.2, 0) is 11.3 Å². The van der Waals surface area contributed by atoms with Crippen LogP contribution in [0, 0.1) is 0 Å². The number of nitrogens with zero attached hydrogens (tertiary/aromatic N) is 5. The summed E-state index contributed by atoms with van der Waals surface area (Å²) >= 11 is 0. The molecule has 0 bridgehead atoms. The number of carbonyl (C=O) groups is 2. The molecule has 30 heavy (non-hydrogen) atoms. The number of carboxylic acids is 1. The van der Waals surface area contributed by atoms with Crippen molar-refractivity contribution in [2.45, 2.75) is 25.4 Å². The van der Waals surface area contributed by atoms with Gasteiger partial charge >= 0.3 is 5.97 Å². The molecule has 1 atom stereocenters. The number of aromatic carboxylic acids is 1. The Kier molecular flexibility index (Phi) is 4.74. The lowest BCUT2D eigenvalue weighted by molar-refractivity contribution is -0.117. The van der Waals surface area contributed by atoms with Crippen LogP contribution in [0.2, 0.25) is 0 Å². The molecule has 5 heterocycles. The lowest BCUT2D eigenvalue weighted by atomic mass is 10.1. The maximum atomic E-state index is 12.3. The summed E-state index contributed by atoms with van der Waals surface area (Å²) in [6, 6.07) is 5.34. The summed E-state index contributed by atoms with van der Waals surface area (Å²) in [5, 5.41) is 12.0. The zero-order valence-electron chi connectivity index (χ0n) is 16.6. The SMILES string of the molecule is O=C(O)c1ccc(N2CCN(Cc3cnc4c(c3)NC(=O)C3CCCN43)CC2)nc1. The van der Waals surface area contributed by atoms with Crippen LogP contribution >= 0.6 is 0 Å². The van der Waals surface area contributed by atoms with E-state index in [0.717, 1.165) is 75.0 Å². The van der Waals surface area contributed by atoms with Gasteiger partial charge in [-0.2, -0.15) is 0 Å². The minimum Gasteiger partial charge on any atom is -0.478 e. The number of carboxylic acid groups (broad SMARTS) is 1. The van der Waals surface area contributed by atoms with Gasteiger partial charge in [0.05, 0.1) is 11.3 Å². The quantitative estimate of drug-likeness (QED) is 0.783. The van der Waals surface area contributed by atoms with E-state index in [1.165, 1.54) is 6.20 Å². The molecular formula is C21H24N6O3. The van der Waals surface area contributed by atoms with E-state index in [1.807, 2.05) is 12.3 Å². The Bertz CT molecular complexity index is 971. The van der Waals surface area contributed by atoms with Gasteiger partial charge in [-0.3, -0.25) is 9.69 Å². The van der Waals surface area contributed by atoms with Crippen molar-refractivity contribution in [3.63, 3.8) is 0 Å². The minimum atomic E-state index is -0.964. The molecule has 3 aliphatic rings. The number of carbonyl (C=O) groups excluding carboxylic acids is 1. The van der Waals surface area contributed by atoms with Gasteiger partial charge in [-0.05, 0) is 36.6 Å². The van der Waals surface area contributed by atoms with Crippen molar-refractivity contribution >= 4 is 29.2 Å². The maximum absolute atomic E-state index is 12.3.